The molecule has 1 aliphatic heterocycles. The van der Waals surface area contributed by atoms with Crippen LogP contribution in [0.25, 0.3) is 0 Å². The lowest BCUT2D eigenvalue weighted by atomic mass is 9.98. The zero-order chi connectivity index (χ0) is 23.7. The fraction of sp³-hybridized carbons (Fsp3) is 0.208. The molecule has 170 valence electrons. The van der Waals surface area contributed by atoms with Crippen LogP contribution in [0.1, 0.15) is 33.1 Å². The van der Waals surface area contributed by atoms with Crippen LogP contribution in [0.5, 0.6) is 5.75 Å². The fourth-order valence-corrected chi connectivity index (χ4v) is 4.53. The van der Waals surface area contributed by atoms with Gasteiger partial charge in [0, 0.05) is 47.5 Å². The van der Waals surface area contributed by atoms with Gasteiger partial charge in [-0.25, -0.2) is 14.4 Å². The maximum atomic E-state index is 14.3. The van der Waals surface area contributed by atoms with E-state index in [1.165, 1.54) is 18.2 Å². The van der Waals surface area contributed by atoms with Gasteiger partial charge >= 0.3 is 0 Å². The quantitative estimate of drug-likeness (QED) is 0.306. The zero-order valence-electron chi connectivity index (χ0n) is 18.2. The summed E-state index contributed by atoms with van der Waals surface area (Å²) in [4.78, 5) is 25.9. The largest absolute Gasteiger partial charge is 0.497 e. The molecule has 1 amide bonds. The number of amides is 1. The van der Waals surface area contributed by atoms with E-state index in [1.807, 2.05) is 38.4 Å². The summed E-state index contributed by atoms with van der Waals surface area (Å²) >= 11 is 10.0. The first-order valence-corrected chi connectivity index (χ1v) is 11.2. The van der Waals surface area contributed by atoms with Crippen LogP contribution in [0.4, 0.5) is 10.2 Å². The molecule has 3 aromatic rings. The molecule has 0 aliphatic carbocycles. The number of nitrogens with zero attached hydrogens (tertiary/aromatic N) is 4. The Balaban J connectivity index is 1.88. The van der Waals surface area contributed by atoms with Crippen molar-refractivity contribution < 1.29 is 13.9 Å². The maximum absolute atomic E-state index is 14.3. The van der Waals surface area contributed by atoms with Crippen LogP contribution in [-0.2, 0) is 6.54 Å². The number of halogens is 3. The topological polar surface area (TPSA) is 58.0 Å². The summed E-state index contributed by atoms with van der Waals surface area (Å²) in [6.45, 7) is 0.276. The second-order valence-electron chi connectivity index (χ2n) is 7.78. The highest BCUT2D eigenvalue weighted by Gasteiger charge is 2.42. The highest BCUT2D eigenvalue weighted by Crippen LogP contribution is 2.47. The Morgan fingerprint density at radius 2 is 2.00 bits per heavy atom. The van der Waals surface area contributed by atoms with E-state index in [1.54, 1.807) is 29.4 Å². The summed E-state index contributed by atoms with van der Waals surface area (Å²) in [6.07, 6.45) is 3.19. The van der Waals surface area contributed by atoms with Crippen molar-refractivity contribution >= 4 is 45.6 Å². The fourth-order valence-electron chi connectivity index (χ4n) is 3.79. The molecule has 6 nitrogen and oxygen atoms in total. The lowest BCUT2D eigenvalue weighted by molar-refractivity contribution is 0.0736. The Morgan fingerprint density at radius 3 is 2.67 bits per heavy atom. The maximum Gasteiger partial charge on any atom is 0.259 e. The summed E-state index contributed by atoms with van der Waals surface area (Å²) in [5.74, 6) is 0.315. The molecule has 0 N–H and O–H groups in total. The number of hydrogen-bond acceptors (Lipinski definition) is 4. The molecule has 1 aromatic heterocycles. The molecule has 0 fully saturated rings. The van der Waals surface area contributed by atoms with E-state index in [-0.39, 0.29) is 12.5 Å². The molecule has 2 aromatic carbocycles. The minimum absolute atomic E-state index is 0.258. The molecule has 2 heterocycles. The number of aromatic nitrogens is 1. The second-order valence-corrected chi connectivity index (χ2v) is 9.04. The van der Waals surface area contributed by atoms with Crippen molar-refractivity contribution in [3.63, 3.8) is 0 Å². The highest BCUT2D eigenvalue weighted by molar-refractivity contribution is 9.10. The molecule has 0 radical (unpaired) electrons. The molecule has 9 heteroatoms. The minimum atomic E-state index is -0.622. The van der Waals surface area contributed by atoms with Crippen LogP contribution in [0.2, 0.25) is 5.02 Å². The molecule has 0 saturated carbocycles. The number of carbonyl (C=O) groups is 1. The third-order valence-electron chi connectivity index (χ3n) is 5.29. The first-order valence-electron chi connectivity index (χ1n) is 10.1. The Labute approximate surface area is 204 Å². The average molecular weight is 532 g/mol. The summed E-state index contributed by atoms with van der Waals surface area (Å²) < 4.78 is 20.1. The minimum Gasteiger partial charge on any atom is -0.497 e. The van der Waals surface area contributed by atoms with Gasteiger partial charge in [-0.15, -0.1) is 0 Å². The summed E-state index contributed by atoms with van der Waals surface area (Å²) in [5.41, 5.74) is 2.40. The number of hydrogen-bond donors (Lipinski definition) is 0. The molecule has 0 spiro atoms. The van der Waals surface area contributed by atoms with Gasteiger partial charge in [-0.2, -0.15) is 0 Å². The van der Waals surface area contributed by atoms with Crippen molar-refractivity contribution in [3.05, 3.63) is 86.2 Å². The van der Waals surface area contributed by atoms with Crippen LogP contribution in [-0.4, -0.2) is 48.2 Å². The summed E-state index contributed by atoms with van der Waals surface area (Å²) in [7, 11) is 5.25. The molecular formula is C24H21BrClFN4O2. The average Bonchev–Trinajstić information content (AvgIpc) is 3.08. The molecule has 0 saturated heterocycles. The normalized spacial score (nSPS) is 15.3. The predicted molar refractivity (Wildman–Crippen MR) is 130 cm³/mol. The zero-order valence-corrected chi connectivity index (χ0v) is 20.6. The summed E-state index contributed by atoms with van der Waals surface area (Å²) in [6, 6.07) is 11.0. The second kappa shape index (κ2) is 9.49. The number of benzene rings is 2. The lowest BCUT2D eigenvalue weighted by Crippen LogP contribution is -2.28. The molecule has 1 atom stereocenters. The van der Waals surface area contributed by atoms with Crippen molar-refractivity contribution in [1.29, 1.82) is 0 Å². The van der Waals surface area contributed by atoms with Crippen molar-refractivity contribution in [2.24, 2.45) is 4.99 Å². The van der Waals surface area contributed by atoms with E-state index in [0.717, 1.165) is 5.56 Å². The number of aliphatic imine (C=N–C) groups is 1. The standard InChI is InChI=1S/C24H21BrClFN4O2/c1-30(2)13-29-23-21-20(18(25)11-28-23)22(17-10-15(27)6-9-19(17)26)31(24(21)32)12-14-4-7-16(33-3)8-5-14/h4-11,13,22H,12H2,1-3H3. The Bertz CT molecular complexity index is 1230. The van der Waals surface area contributed by atoms with Gasteiger partial charge in [0.25, 0.3) is 5.91 Å². The van der Waals surface area contributed by atoms with Gasteiger partial charge in [0.15, 0.2) is 5.82 Å². The highest BCUT2D eigenvalue weighted by atomic mass is 79.9. The van der Waals surface area contributed by atoms with E-state index < -0.39 is 11.9 Å². The Hall–Kier alpha value is -2.97. The molecule has 33 heavy (non-hydrogen) atoms. The molecule has 0 bridgehead atoms. The van der Waals surface area contributed by atoms with E-state index in [0.29, 0.717) is 37.8 Å². The number of rotatable bonds is 6. The third-order valence-corrected chi connectivity index (χ3v) is 6.26. The number of carbonyl (C=O) groups excluding carboxylic acids is 1. The predicted octanol–water partition coefficient (Wildman–Crippen LogP) is 5.61. The van der Waals surface area contributed by atoms with E-state index in [9.17, 15) is 9.18 Å². The summed E-state index contributed by atoms with van der Waals surface area (Å²) in [5, 5.41) is 0.365. The number of pyridine rings is 1. The van der Waals surface area contributed by atoms with Crippen LogP contribution in [0.15, 0.2) is 58.1 Å². The van der Waals surface area contributed by atoms with Crippen molar-refractivity contribution in [1.82, 2.24) is 14.8 Å². The smallest absolute Gasteiger partial charge is 0.259 e. The van der Waals surface area contributed by atoms with Gasteiger partial charge in [0.1, 0.15) is 11.6 Å². The van der Waals surface area contributed by atoms with Crippen molar-refractivity contribution in [3.8, 4) is 5.75 Å². The number of ether oxygens (including phenoxy) is 1. The lowest BCUT2D eigenvalue weighted by Gasteiger charge is -2.27. The first-order chi connectivity index (χ1) is 15.8. The van der Waals surface area contributed by atoms with Crippen molar-refractivity contribution in [2.75, 3.05) is 21.2 Å². The molecule has 1 aliphatic rings. The number of fused-ring (bicyclic) bond motifs is 1. The van der Waals surface area contributed by atoms with Gasteiger partial charge in [-0.05, 0) is 51.8 Å². The van der Waals surface area contributed by atoms with E-state index >= 15 is 0 Å². The van der Waals surface area contributed by atoms with Gasteiger partial charge in [0.2, 0.25) is 0 Å². The molecular weight excluding hydrogens is 511 g/mol. The van der Waals surface area contributed by atoms with Crippen LogP contribution in [0.3, 0.4) is 0 Å². The van der Waals surface area contributed by atoms with Crippen LogP contribution >= 0.6 is 27.5 Å². The van der Waals surface area contributed by atoms with Gasteiger partial charge in [-0.3, -0.25) is 4.79 Å². The SMILES string of the molecule is COc1ccc(CN2C(=O)c3c(N=CN(C)C)ncc(Br)c3C2c2cc(F)ccc2Cl)cc1. The Morgan fingerprint density at radius 1 is 1.27 bits per heavy atom. The van der Waals surface area contributed by atoms with Crippen LogP contribution < -0.4 is 4.74 Å². The van der Waals surface area contributed by atoms with E-state index in [4.69, 9.17) is 16.3 Å². The van der Waals surface area contributed by atoms with E-state index in [2.05, 4.69) is 25.9 Å². The third kappa shape index (κ3) is 4.58. The monoisotopic (exact) mass is 530 g/mol. The first kappa shape index (κ1) is 23.2. The van der Waals surface area contributed by atoms with Crippen LogP contribution in [0, 0.1) is 5.82 Å². The number of methoxy groups -OCH3 is 1. The van der Waals surface area contributed by atoms with Gasteiger partial charge in [0.05, 0.1) is 25.1 Å². The molecule has 4 rings (SSSR count). The molecule has 1 unspecified atom stereocenters. The van der Waals surface area contributed by atoms with Gasteiger partial charge in [-0.1, -0.05) is 23.7 Å². The Kier molecular flexibility index (Phi) is 6.67. The van der Waals surface area contributed by atoms with Crippen molar-refractivity contribution in [2.45, 2.75) is 12.6 Å². The van der Waals surface area contributed by atoms with Gasteiger partial charge < -0.3 is 14.5 Å².